The molecule has 2 N–H and O–H groups in total. The third-order valence-electron chi connectivity index (χ3n) is 3.73. The second kappa shape index (κ2) is 6.75. The summed E-state index contributed by atoms with van der Waals surface area (Å²) in [6.45, 7) is 4.70. The fourth-order valence-electron chi connectivity index (χ4n) is 2.75. The van der Waals surface area contributed by atoms with Gasteiger partial charge >= 0.3 is 6.03 Å². The molecule has 110 valence electrons. The van der Waals surface area contributed by atoms with E-state index in [9.17, 15) is 9.90 Å². The van der Waals surface area contributed by atoms with Crippen LogP contribution < -0.4 is 5.32 Å². The summed E-state index contributed by atoms with van der Waals surface area (Å²) >= 11 is 0. The van der Waals surface area contributed by atoms with Gasteiger partial charge in [-0.1, -0.05) is 30.3 Å². The van der Waals surface area contributed by atoms with Crippen LogP contribution in [-0.4, -0.2) is 34.7 Å². The Morgan fingerprint density at radius 2 is 2.10 bits per heavy atom. The number of hydrogen-bond acceptors (Lipinski definition) is 2. The molecule has 0 bridgehead atoms. The molecular formula is C16H24N2O2. The van der Waals surface area contributed by atoms with E-state index in [2.05, 4.69) is 5.32 Å². The van der Waals surface area contributed by atoms with Crippen molar-refractivity contribution in [3.8, 4) is 0 Å². The summed E-state index contributed by atoms with van der Waals surface area (Å²) in [7, 11) is 0. The minimum absolute atomic E-state index is 0.0113. The van der Waals surface area contributed by atoms with Crippen LogP contribution in [0, 0.1) is 0 Å². The Kier molecular flexibility index (Phi) is 5.01. The molecule has 1 aliphatic rings. The number of likely N-dealkylation sites (tertiary alicyclic amines) is 1. The minimum Gasteiger partial charge on any atom is -0.388 e. The van der Waals surface area contributed by atoms with Gasteiger partial charge in [-0.2, -0.15) is 0 Å². The Labute approximate surface area is 120 Å². The number of nitrogens with zero attached hydrogens (tertiary/aromatic N) is 1. The molecule has 2 amide bonds. The highest BCUT2D eigenvalue weighted by molar-refractivity contribution is 5.75. The Hall–Kier alpha value is -1.55. The SMILES string of the molecule is CC(C)NC(=O)N1CCC[C@H]1C[C@@H](O)c1ccccc1. The van der Waals surface area contributed by atoms with Crippen molar-refractivity contribution in [3.63, 3.8) is 0 Å². The third kappa shape index (κ3) is 3.73. The normalized spacial score (nSPS) is 20.2. The number of hydrogen-bond donors (Lipinski definition) is 2. The van der Waals surface area contributed by atoms with Gasteiger partial charge < -0.3 is 15.3 Å². The average molecular weight is 276 g/mol. The molecule has 0 unspecified atom stereocenters. The summed E-state index contributed by atoms with van der Waals surface area (Å²) in [6.07, 6.45) is 2.08. The second-order valence-electron chi connectivity index (χ2n) is 5.76. The molecule has 1 saturated heterocycles. The van der Waals surface area contributed by atoms with Gasteiger partial charge in [0, 0.05) is 18.6 Å². The maximum atomic E-state index is 12.1. The van der Waals surface area contributed by atoms with Crippen molar-refractivity contribution in [1.82, 2.24) is 10.2 Å². The molecule has 2 atom stereocenters. The first-order chi connectivity index (χ1) is 9.58. The van der Waals surface area contributed by atoms with Crippen LogP contribution in [0.4, 0.5) is 4.79 Å². The van der Waals surface area contributed by atoms with Gasteiger partial charge in [0.05, 0.1) is 6.10 Å². The molecule has 2 rings (SSSR count). The lowest BCUT2D eigenvalue weighted by Gasteiger charge is -2.27. The van der Waals surface area contributed by atoms with Gasteiger partial charge in [-0.3, -0.25) is 0 Å². The summed E-state index contributed by atoms with van der Waals surface area (Å²) in [4.78, 5) is 14.0. The highest BCUT2D eigenvalue weighted by Gasteiger charge is 2.30. The molecule has 20 heavy (non-hydrogen) atoms. The molecule has 1 fully saturated rings. The Morgan fingerprint density at radius 3 is 2.75 bits per heavy atom. The zero-order valence-electron chi connectivity index (χ0n) is 12.2. The average Bonchev–Trinajstić information content (AvgIpc) is 2.87. The summed E-state index contributed by atoms with van der Waals surface area (Å²) in [5.74, 6) is 0. The molecule has 1 aromatic rings. The smallest absolute Gasteiger partial charge is 0.317 e. The standard InChI is InChI=1S/C16H24N2O2/c1-12(2)17-16(20)18-10-6-9-14(18)11-15(19)13-7-4-3-5-8-13/h3-5,7-8,12,14-15,19H,6,9-11H2,1-2H3,(H,17,20)/t14-,15+/m0/s1. The van der Waals surface area contributed by atoms with Gasteiger partial charge in [0.25, 0.3) is 0 Å². The van der Waals surface area contributed by atoms with Gasteiger partial charge in [-0.15, -0.1) is 0 Å². The molecule has 0 aliphatic carbocycles. The number of carbonyl (C=O) groups is 1. The number of aliphatic hydroxyl groups is 1. The van der Waals surface area contributed by atoms with Crippen molar-refractivity contribution in [2.45, 2.75) is 51.3 Å². The van der Waals surface area contributed by atoms with Crippen molar-refractivity contribution < 1.29 is 9.90 Å². The van der Waals surface area contributed by atoms with Gasteiger partial charge in [0.2, 0.25) is 0 Å². The number of aliphatic hydroxyl groups excluding tert-OH is 1. The van der Waals surface area contributed by atoms with Crippen LogP contribution in [0.15, 0.2) is 30.3 Å². The van der Waals surface area contributed by atoms with Gasteiger partial charge in [0.1, 0.15) is 0 Å². The molecule has 1 heterocycles. The van der Waals surface area contributed by atoms with E-state index in [1.165, 1.54) is 0 Å². The topological polar surface area (TPSA) is 52.6 Å². The van der Waals surface area contributed by atoms with Crippen LogP contribution in [-0.2, 0) is 0 Å². The fraction of sp³-hybridized carbons (Fsp3) is 0.562. The number of benzene rings is 1. The first-order valence-corrected chi connectivity index (χ1v) is 7.38. The summed E-state index contributed by atoms with van der Waals surface area (Å²) in [5.41, 5.74) is 0.920. The first-order valence-electron chi connectivity index (χ1n) is 7.38. The number of rotatable bonds is 4. The first kappa shape index (κ1) is 14.9. The molecule has 0 aromatic heterocycles. The Balaban J connectivity index is 1.96. The summed E-state index contributed by atoms with van der Waals surface area (Å²) < 4.78 is 0. The van der Waals surface area contributed by atoms with Crippen LogP contribution in [0.1, 0.15) is 44.8 Å². The lowest BCUT2D eigenvalue weighted by atomic mass is 10.0. The molecular weight excluding hydrogens is 252 g/mol. The van der Waals surface area contributed by atoms with Crippen LogP contribution in [0.2, 0.25) is 0 Å². The van der Waals surface area contributed by atoms with Gasteiger partial charge in [-0.25, -0.2) is 4.79 Å². The highest BCUT2D eigenvalue weighted by atomic mass is 16.3. The monoisotopic (exact) mass is 276 g/mol. The maximum Gasteiger partial charge on any atom is 0.317 e. The van der Waals surface area contributed by atoms with Crippen molar-refractivity contribution in [2.75, 3.05) is 6.54 Å². The van der Waals surface area contributed by atoms with E-state index in [0.717, 1.165) is 24.9 Å². The molecule has 1 aliphatic heterocycles. The van der Waals surface area contributed by atoms with Crippen molar-refractivity contribution in [2.24, 2.45) is 0 Å². The predicted octanol–water partition coefficient (Wildman–Crippen LogP) is 2.69. The van der Waals surface area contributed by atoms with Gasteiger partial charge in [-0.05, 0) is 38.7 Å². The maximum absolute atomic E-state index is 12.1. The van der Waals surface area contributed by atoms with Crippen LogP contribution in [0.3, 0.4) is 0 Å². The van der Waals surface area contributed by atoms with E-state index in [1.54, 1.807) is 0 Å². The lowest BCUT2D eigenvalue weighted by molar-refractivity contribution is 0.125. The molecule has 0 saturated carbocycles. The van der Waals surface area contributed by atoms with Crippen molar-refractivity contribution in [3.05, 3.63) is 35.9 Å². The molecule has 1 aromatic carbocycles. The predicted molar refractivity (Wildman–Crippen MR) is 79.4 cm³/mol. The minimum atomic E-state index is -0.506. The van der Waals surface area contributed by atoms with E-state index in [1.807, 2.05) is 49.1 Å². The van der Waals surface area contributed by atoms with Crippen LogP contribution in [0.5, 0.6) is 0 Å². The molecule has 4 nitrogen and oxygen atoms in total. The van der Waals surface area contributed by atoms with Crippen molar-refractivity contribution >= 4 is 6.03 Å². The van der Waals surface area contributed by atoms with Crippen molar-refractivity contribution in [1.29, 1.82) is 0 Å². The Bertz CT molecular complexity index is 433. The number of nitrogens with one attached hydrogen (secondary N) is 1. The number of urea groups is 1. The van der Waals surface area contributed by atoms with E-state index < -0.39 is 6.10 Å². The van der Waals surface area contributed by atoms with Crippen LogP contribution >= 0.6 is 0 Å². The summed E-state index contributed by atoms with van der Waals surface area (Å²) in [5, 5.41) is 13.2. The zero-order chi connectivity index (χ0) is 14.5. The largest absolute Gasteiger partial charge is 0.388 e. The fourth-order valence-corrected chi connectivity index (χ4v) is 2.75. The van der Waals surface area contributed by atoms with E-state index in [4.69, 9.17) is 0 Å². The molecule has 0 spiro atoms. The van der Waals surface area contributed by atoms with E-state index in [-0.39, 0.29) is 18.1 Å². The Morgan fingerprint density at radius 1 is 1.40 bits per heavy atom. The highest BCUT2D eigenvalue weighted by Crippen LogP contribution is 2.27. The second-order valence-corrected chi connectivity index (χ2v) is 5.76. The van der Waals surface area contributed by atoms with Gasteiger partial charge in [0.15, 0.2) is 0 Å². The number of amides is 2. The zero-order valence-corrected chi connectivity index (χ0v) is 12.2. The quantitative estimate of drug-likeness (QED) is 0.888. The number of carbonyl (C=O) groups excluding carboxylic acids is 1. The summed E-state index contributed by atoms with van der Waals surface area (Å²) in [6, 6.07) is 9.91. The molecule has 4 heteroatoms. The lowest BCUT2D eigenvalue weighted by Crippen LogP contribution is -2.45. The third-order valence-corrected chi connectivity index (χ3v) is 3.73. The molecule has 0 radical (unpaired) electrons. The van der Waals surface area contributed by atoms with E-state index >= 15 is 0 Å². The van der Waals surface area contributed by atoms with Crippen LogP contribution in [0.25, 0.3) is 0 Å². The van der Waals surface area contributed by atoms with E-state index in [0.29, 0.717) is 6.42 Å².